The molecule has 5 heteroatoms. The number of benzene rings is 1. The summed E-state index contributed by atoms with van der Waals surface area (Å²) in [6.07, 6.45) is 3.68. The molecule has 0 spiro atoms. The molecule has 3 aromatic rings. The molecule has 1 aromatic carbocycles. The number of rotatable bonds is 4. The predicted octanol–water partition coefficient (Wildman–Crippen LogP) is 4.28. The number of hydrogen-bond acceptors (Lipinski definition) is 3. The highest BCUT2D eigenvalue weighted by atomic mass is 79.9. The largest absolute Gasteiger partial charge is 0.464 e. The zero-order valence-electron chi connectivity index (χ0n) is 12.3. The molecule has 2 heterocycles. The van der Waals surface area contributed by atoms with Gasteiger partial charge in [-0.05, 0) is 42.9 Å². The predicted molar refractivity (Wildman–Crippen MR) is 87.4 cm³/mol. The normalized spacial score (nSPS) is 13.2. The van der Waals surface area contributed by atoms with Crippen molar-refractivity contribution in [2.45, 2.75) is 25.9 Å². The molecule has 0 fully saturated rings. The molecule has 4 nitrogen and oxygen atoms in total. The van der Waals surface area contributed by atoms with Crippen LogP contribution in [0.25, 0.3) is 11.0 Å². The maximum absolute atomic E-state index is 5.69. The first-order chi connectivity index (χ1) is 10.1. The van der Waals surface area contributed by atoms with Crippen molar-refractivity contribution in [2.24, 2.45) is 0 Å². The fourth-order valence-corrected chi connectivity index (χ4v) is 3.20. The Morgan fingerprint density at radius 1 is 1.29 bits per heavy atom. The van der Waals surface area contributed by atoms with Crippen LogP contribution >= 0.6 is 15.9 Å². The molecule has 21 heavy (non-hydrogen) atoms. The van der Waals surface area contributed by atoms with Crippen molar-refractivity contribution in [3.8, 4) is 0 Å². The highest BCUT2D eigenvalue weighted by molar-refractivity contribution is 9.10. The van der Waals surface area contributed by atoms with Gasteiger partial charge in [-0.15, -0.1) is 0 Å². The molecule has 3 rings (SSSR count). The van der Waals surface area contributed by atoms with E-state index in [0.717, 1.165) is 26.7 Å². The Bertz CT molecular complexity index is 760. The molecular formula is C16H18BrN3O. The lowest BCUT2D eigenvalue weighted by atomic mass is 10.0. The Morgan fingerprint density at radius 3 is 2.76 bits per heavy atom. The van der Waals surface area contributed by atoms with Crippen LogP contribution < -0.4 is 5.32 Å². The zero-order valence-corrected chi connectivity index (χ0v) is 13.9. The average molecular weight is 348 g/mol. The molecule has 1 N–H and O–H groups in total. The summed E-state index contributed by atoms with van der Waals surface area (Å²) in [7, 11) is 1.95. The summed E-state index contributed by atoms with van der Waals surface area (Å²) in [5.41, 5.74) is 3.13. The molecule has 110 valence electrons. The molecule has 0 aliphatic carbocycles. The highest BCUT2D eigenvalue weighted by Gasteiger charge is 2.24. The summed E-state index contributed by atoms with van der Waals surface area (Å²) in [5, 5.41) is 8.98. The lowest BCUT2D eigenvalue weighted by Gasteiger charge is -2.20. The van der Waals surface area contributed by atoms with E-state index in [1.807, 2.05) is 42.4 Å². The SMILES string of the molecule is CNC(c1coc2ccccc12)c1c(Br)cnn1C(C)C. The number of halogens is 1. The number of fused-ring (bicyclic) bond motifs is 1. The summed E-state index contributed by atoms with van der Waals surface area (Å²) >= 11 is 3.62. The van der Waals surface area contributed by atoms with E-state index in [0.29, 0.717) is 6.04 Å². The second-order valence-electron chi connectivity index (χ2n) is 5.32. The Balaban J connectivity index is 2.17. The monoisotopic (exact) mass is 347 g/mol. The third-order valence-electron chi connectivity index (χ3n) is 3.66. The van der Waals surface area contributed by atoms with E-state index in [1.165, 1.54) is 0 Å². The fraction of sp³-hybridized carbons (Fsp3) is 0.312. The van der Waals surface area contributed by atoms with E-state index in [4.69, 9.17) is 4.42 Å². The number of furan rings is 1. The molecule has 1 unspecified atom stereocenters. The highest BCUT2D eigenvalue weighted by Crippen LogP contribution is 2.34. The molecule has 0 radical (unpaired) electrons. The summed E-state index contributed by atoms with van der Waals surface area (Å²) < 4.78 is 8.72. The van der Waals surface area contributed by atoms with Crippen molar-refractivity contribution in [1.29, 1.82) is 0 Å². The van der Waals surface area contributed by atoms with Crippen LogP contribution in [0.2, 0.25) is 0 Å². The zero-order chi connectivity index (χ0) is 15.0. The number of nitrogens with zero attached hydrogens (tertiary/aromatic N) is 2. The van der Waals surface area contributed by atoms with Gasteiger partial charge < -0.3 is 9.73 Å². The van der Waals surface area contributed by atoms with Crippen molar-refractivity contribution in [1.82, 2.24) is 15.1 Å². The summed E-state index contributed by atoms with van der Waals surface area (Å²) in [5.74, 6) is 0. The number of nitrogens with one attached hydrogen (secondary N) is 1. The first-order valence-electron chi connectivity index (χ1n) is 6.99. The van der Waals surface area contributed by atoms with Crippen molar-refractivity contribution in [3.63, 3.8) is 0 Å². The summed E-state index contributed by atoms with van der Waals surface area (Å²) in [6.45, 7) is 4.26. The lowest BCUT2D eigenvalue weighted by molar-refractivity contribution is 0.481. The molecule has 0 saturated carbocycles. The van der Waals surface area contributed by atoms with Gasteiger partial charge in [0.1, 0.15) is 5.58 Å². The quantitative estimate of drug-likeness (QED) is 0.765. The van der Waals surface area contributed by atoms with Crippen molar-refractivity contribution in [2.75, 3.05) is 7.05 Å². The minimum atomic E-state index is 0.0212. The summed E-state index contributed by atoms with van der Waals surface area (Å²) in [6, 6.07) is 8.40. The molecule has 2 aromatic heterocycles. The standard InChI is InChI=1S/C16H18BrN3O/c1-10(2)20-16(13(17)8-19-20)15(18-3)12-9-21-14-7-5-4-6-11(12)14/h4-10,15,18H,1-3H3. The Hall–Kier alpha value is -1.59. The smallest absolute Gasteiger partial charge is 0.134 e. The summed E-state index contributed by atoms with van der Waals surface area (Å²) in [4.78, 5) is 0. The van der Waals surface area contributed by atoms with Crippen molar-refractivity contribution < 1.29 is 4.42 Å². The van der Waals surface area contributed by atoms with Crippen LogP contribution in [-0.4, -0.2) is 16.8 Å². The maximum Gasteiger partial charge on any atom is 0.134 e. The third-order valence-corrected chi connectivity index (χ3v) is 4.27. The van der Waals surface area contributed by atoms with E-state index < -0.39 is 0 Å². The van der Waals surface area contributed by atoms with Gasteiger partial charge in [-0.2, -0.15) is 5.10 Å². The first kappa shape index (κ1) is 14.4. The van der Waals surface area contributed by atoms with E-state index in [2.05, 4.69) is 46.3 Å². The minimum absolute atomic E-state index is 0.0212. The second kappa shape index (κ2) is 5.66. The van der Waals surface area contributed by atoms with Crippen LogP contribution in [0.1, 0.15) is 37.2 Å². The Labute approximate surface area is 132 Å². The fourth-order valence-electron chi connectivity index (χ4n) is 2.69. The average Bonchev–Trinajstić information content (AvgIpc) is 3.06. The molecule has 0 bridgehead atoms. The molecule has 1 atom stereocenters. The van der Waals surface area contributed by atoms with Gasteiger partial charge in [-0.3, -0.25) is 4.68 Å². The van der Waals surface area contributed by atoms with Gasteiger partial charge in [-0.1, -0.05) is 18.2 Å². The van der Waals surface area contributed by atoms with Crippen LogP contribution in [0.15, 0.2) is 45.6 Å². The van der Waals surface area contributed by atoms with E-state index in [-0.39, 0.29) is 6.04 Å². The molecule has 0 aliphatic rings. The Morgan fingerprint density at radius 2 is 2.05 bits per heavy atom. The Kier molecular flexibility index (Phi) is 3.87. The third kappa shape index (κ3) is 2.40. The van der Waals surface area contributed by atoms with Gasteiger partial charge in [0.05, 0.1) is 28.7 Å². The van der Waals surface area contributed by atoms with Crippen LogP contribution in [0.3, 0.4) is 0 Å². The van der Waals surface area contributed by atoms with Gasteiger partial charge in [0.15, 0.2) is 0 Å². The van der Waals surface area contributed by atoms with Gasteiger partial charge >= 0.3 is 0 Å². The number of para-hydroxylation sites is 1. The second-order valence-corrected chi connectivity index (χ2v) is 6.18. The molecule has 0 saturated heterocycles. The maximum atomic E-state index is 5.69. The van der Waals surface area contributed by atoms with E-state index in [1.54, 1.807) is 0 Å². The van der Waals surface area contributed by atoms with Gasteiger partial charge in [0.25, 0.3) is 0 Å². The van der Waals surface area contributed by atoms with Crippen LogP contribution in [0.5, 0.6) is 0 Å². The first-order valence-corrected chi connectivity index (χ1v) is 7.79. The molecular weight excluding hydrogens is 330 g/mol. The van der Waals surface area contributed by atoms with Crippen LogP contribution in [0, 0.1) is 0 Å². The number of hydrogen-bond donors (Lipinski definition) is 1. The van der Waals surface area contributed by atoms with Crippen LogP contribution in [-0.2, 0) is 0 Å². The van der Waals surface area contributed by atoms with Gasteiger partial charge in [0.2, 0.25) is 0 Å². The van der Waals surface area contributed by atoms with E-state index in [9.17, 15) is 0 Å². The van der Waals surface area contributed by atoms with Crippen LogP contribution in [0.4, 0.5) is 0 Å². The van der Waals surface area contributed by atoms with Gasteiger partial charge in [0, 0.05) is 17.0 Å². The molecule has 0 aliphatic heterocycles. The lowest BCUT2D eigenvalue weighted by Crippen LogP contribution is -2.22. The van der Waals surface area contributed by atoms with Crippen molar-refractivity contribution in [3.05, 3.63) is 52.5 Å². The van der Waals surface area contributed by atoms with E-state index >= 15 is 0 Å². The minimum Gasteiger partial charge on any atom is -0.464 e. The van der Waals surface area contributed by atoms with Gasteiger partial charge in [-0.25, -0.2) is 0 Å². The van der Waals surface area contributed by atoms with Crippen molar-refractivity contribution >= 4 is 26.9 Å². The molecule has 0 amide bonds. The number of aromatic nitrogens is 2. The topological polar surface area (TPSA) is 43.0 Å².